The Morgan fingerprint density at radius 2 is 1.93 bits per heavy atom. The first-order chi connectivity index (χ1) is 6.68. The normalized spacial score (nSPS) is 37.9. The van der Waals surface area contributed by atoms with E-state index < -0.39 is 0 Å². The van der Waals surface area contributed by atoms with E-state index in [4.69, 9.17) is 5.73 Å². The lowest BCUT2D eigenvalue weighted by molar-refractivity contribution is 0.0902. The second kappa shape index (κ2) is 3.82. The Balaban J connectivity index is 2.11. The monoisotopic (exact) mass is 196 g/mol. The molecule has 1 saturated carbocycles. The molecule has 2 heteroatoms. The van der Waals surface area contributed by atoms with Crippen molar-refractivity contribution in [2.45, 2.75) is 57.5 Å². The Bertz CT molecular complexity index is 196. The molecule has 1 saturated heterocycles. The molecule has 0 amide bonds. The van der Waals surface area contributed by atoms with Crippen LogP contribution in [0.15, 0.2) is 0 Å². The van der Waals surface area contributed by atoms with Gasteiger partial charge in [-0.3, -0.25) is 4.90 Å². The van der Waals surface area contributed by atoms with Crippen molar-refractivity contribution < 1.29 is 0 Å². The molecule has 2 N–H and O–H groups in total. The van der Waals surface area contributed by atoms with Crippen molar-refractivity contribution >= 4 is 0 Å². The molecule has 0 spiro atoms. The van der Waals surface area contributed by atoms with Crippen molar-refractivity contribution in [1.82, 2.24) is 4.90 Å². The van der Waals surface area contributed by atoms with E-state index in [1.54, 1.807) is 0 Å². The van der Waals surface area contributed by atoms with Gasteiger partial charge in [-0.15, -0.1) is 0 Å². The third-order valence-electron chi connectivity index (χ3n) is 4.31. The fourth-order valence-electron chi connectivity index (χ4n) is 3.60. The maximum atomic E-state index is 6.01. The number of nitrogens with zero attached hydrogens (tertiary/aromatic N) is 1. The Hall–Kier alpha value is -0.0800. The van der Waals surface area contributed by atoms with Crippen molar-refractivity contribution in [3.63, 3.8) is 0 Å². The van der Waals surface area contributed by atoms with Gasteiger partial charge in [0.1, 0.15) is 0 Å². The van der Waals surface area contributed by atoms with E-state index in [-0.39, 0.29) is 0 Å². The van der Waals surface area contributed by atoms with Crippen LogP contribution in [0.2, 0.25) is 0 Å². The maximum Gasteiger partial charge on any atom is 0.0334 e. The lowest BCUT2D eigenvalue weighted by atomic mass is 9.94. The van der Waals surface area contributed by atoms with Crippen molar-refractivity contribution in [3.05, 3.63) is 0 Å². The molecule has 2 nitrogen and oxygen atoms in total. The van der Waals surface area contributed by atoms with Crippen LogP contribution in [0.5, 0.6) is 0 Å². The predicted molar refractivity (Wildman–Crippen MR) is 60.2 cm³/mol. The Labute approximate surface area is 87.8 Å². The molecular weight excluding hydrogens is 172 g/mol. The number of rotatable bonds is 2. The van der Waals surface area contributed by atoms with Crippen LogP contribution in [-0.4, -0.2) is 29.6 Å². The Morgan fingerprint density at radius 3 is 2.36 bits per heavy atom. The van der Waals surface area contributed by atoms with Gasteiger partial charge in [0, 0.05) is 24.7 Å². The van der Waals surface area contributed by atoms with Gasteiger partial charge < -0.3 is 5.73 Å². The maximum absolute atomic E-state index is 6.01. The SMILES string of the molecule is CC1CC(C)N(C2(CN)CCCC2)C1. The van der Waals surface area contributed by atoms with Crippen LogP contribution in [0, 0.1) is 5.92 Å². The zero-order chi connectivity index (χ0) is 10.2. The number of hydrogen-bond donors (Lipinski definition) is 1. The zero-order valence-electron chi connectivity index (χ0n) is 9.63. The second-order valence-corrected chi connectivity index (χ2v) is 5.48. The summed E-state index contributed by atoms with van der Waals surface area (Å²) in [6.45, 7) is 6.89. The van der Waals surface area contributed by atoms with E-state index in [9.17, 15) is 0 Å². The molecule has 0 aromatic carbocycles. The van der Waals surface area contributed by atoms with E-state index in [1.807, 2.05) is 0 Å². The molecule has 2 fully saturated rings. The molecule has 2 rings (SSSR count). The first-order valence-corrected chi connectivity index (χ1v) is 6.15. The molecule has 0 aromatic heterocycles. The van der Waals surface area contributed by atoms with Gasteiger partial charge in [0.2, 0.25) is 0 Å². The van der Waals surface area contributed by atoms with E-state index in [1.165, 1.54) is 38.6 Å². The summed E-state index contributed by atoms with van der Waals surface area (Å²) in [5, 5.41) is 0. The highest BCUT2D eigenvalue weighted by atomic mass is 15.3. The highest BCUT2D eigenvalue weighted by Gasteiger charge is 2.43. The van der Waals surface area contributed by atoms with Crippen molar-refractivity contribution in [2.75, 3.05) is 13.1 Å². The van der Waals surface area contributed by atoms with E-state index in [2.05, 4.69) is 18.7 Å². The van der Waals surface area contributed by atoms with Gasteiger partial charge in [0.15, 0.2) is 0 Å². The van der Waals surface area contributed by atoms with Gasteiger partial charge in [0.25, 0.3) is 0 Å². The minimum atomic E-state index is 0.379. The first kappa shape index (κ1) is 10.4. The first-order valence-electron chi connectivity index (χ1n) is 6.15. The van der Waals surface area contributed by atoms with Crippen LogP contribution in [0.1, 0.15) is 46.0 Å². The van der Waals surface area contributed by atoms with Gasteiger partial charge in [0.05, 0.1) is 0 Å². The topological polar surface area (TPSA) is 29.3 Å². The van der Waals surface area contributed by atoms with Crippen LogP contribution >= 0.6 is 0 Å². The molecule has 0 radical (unpaired) electrons. The van der Waals surface area contributed by atoms with Gasteiger partial charge in [-0.1, -0.05) is 19.8 Å². The number of hydrogen-bond acceptors (Lipinski definition) is 2. The molecule has 0 bridgehead atoms. The number of likely N-dealkylation sites (tertiary alicyclic amines) is 1. The van der Waals surface area contributed by atoms with Crippen LogP contribution in [0.4, 0.5) is 0 Å². The average molecular weight is 196 g/mol. The fourth-order valence-corrected chi connectivity index (χ4v) is 3.60. The largest absolute Gasteiger partial charge is 0.329 e. The summed E-state index contributed by atoms with van der Waals surface area (Å²) < 4.78 is 0. The molecule has 1 aliphatic heterocycles. The summed E-state index contributed by atoms with van der Waals surface area (Å²) in [4.78, 5) is 2.71. The van der Waals surface area contributed by atoms with E-state index in [0.717, 1.165) is 18.5 Å². The summed E-state index contributed by atoms with van der Waals surface area (Å²) in [6, 6.07) is 0.756. The zero-order valence-corrected chi connectivity index (χ0v) is 9.63. The minimum absolute atomic E-state index is 0.379. The molecule has 14 heavy (non-hydrogen) atoms. The highest BCUT2D eigenvalue weighted by Crippen LogP contribution is 2.40. The second-order valence-electron chi connectivity index (χ2n) is 5.48. The summed E-state index contributed by atoms with van der Waals surface area (Å²) in [5.74, 6) is 0.869. The standard InChI is InChI=1S/C12H24N2/c1-10-7-11(2)14(8-10)12(9-13)5-3-4-6-12/h10-11H,3-9,13H2,1-2H3. The van der Waals surface area contributed by atoms with Crippen molar-refractivity contribution in [3.8, 4) is 0 Å². The molecule has 2 atom stereocenters. The fraction of sp³-hybridized carbons (Fsp3) is 1.00. The van der Waals surface area contributed by atoms with Crippen molar-refractivity contribution in [1.29, 1.82) is 0 Å². The minimum Gasteiger partial charge on any atom is -0.329 e. The Morgan fingerprint density at radius 1 is 1.29 bits per heavy atom. The lowest BCUT2D eigenvalue weighted by Gasteiger charge is -2.41. The van der Waals surface area contributed by atoms with Crippen LogP contribution in [0.25, 0.3) is 0 Å². The van der Waals surface area contributed by atoms with Gasteiger partial charge >= 0.3 is 0 Å². The van der Waals surface area contributed by atoms with Crippen LogP contribution in [-0.2, 0) is 0 Å². The quantitative estimate of drug-likeness (QED) is 0.732. The van der Waals surface area contributed by atoms with Crippen LogP contribution in [0.3, 0.4) is 0 Å². The summed E-state index contributed by atoms with van der Waals surface area (Å²) in [7, 11) is 0. The molecule has 1 aliphatic carbocycles. The van der Waals surface area contributed by atoms with Crippen LogP contribution < -0.4 is 5.73 Å². The van der Waals surface area contributed by atoms with Crippen molar-refractivity contribution in [2.24, 2.45) is 11.7 Å². The van der Waals surface area contributed by atoms with E-state index in [0.29, 0.717) is 5.54 Å². The molecule has 82 valence electrons. The van der Waals surface area contributed by atoms with Gasteiger partial charge in [-0.05, 0) is 32.1 Å². The molecular formula is C12H24N2. The number of nitrogens with two attached hydrogens (primary N) is 1. The summed E-state index contributed by atoms with van der Waals surface area (Å²) >= 11 is 0. The predicted octanol–water partition coefficient (Wildman–Crippen LogP) is 1.99. The lowest BCUT2D eigenvalue weighted by Crippen LogP contribution is -2.53. The average Bonchev–Trinajstić information content (AvgIpc) is 2.73. The van der Waals surface area contributed by atoms with Gasteiger partial charge in [-0.2, -0.15) is 0 Å². The van der Waals surface area contributed by atoms with E-state index >= 15 is 0 Å². The Kier molecular flexibility index (Phi) is 2.85. The third-order valence-corrected chi connectivity index (χ3v) is 4.31. The summed E-state index contributed by atoms with van der Waals surface area (Å²) in [6.07, 6.45) is 6.80. The smallest absolute Gasteiger partial charge is 0.0334 e. The molecule has 0 aromatic rings. The van der Waals surface area contributed by atoms with Gasteiger partial charge in [-0.25, -0.2) is 0 Å². The third kappa shape index (κ3) is 1.59. The molecule has 2 unspecified atom stereocenters. The molecule has 2 aliphatic rings. The summed E-state index contributed by atoms with van der Waals surface area (Å²) in [5.41, 5.74) is 6.39. The molecule has 1 heterocycles. The highest BCUT2D eigenvalue weighted by molar-refractivity contribution is 5.00.